The molecule has 14 heavy (non-hydrogen) atoms. The van der Waals surface area contributed by atoms with Crippen molar-refractivity contribution in [2.24, 2.45) is 0 Å². The lowest BCUT2D eigenvalue weighted by Gasteiger charge is -2.31. The minimum atomic E-state index is 0.382. The van der Waals surface area contributed by atoms with E-state index in [2.05, 4.69) is 31.1 Å². The van der Waals surface area contributed by atoms with Gasteiger partial charge in [0.05, 0.1) is 12.7 Å². The third-order valence-electron chi connectivity index (χ3n) is 2.95. The molecule has 1 saturated heterocycles. The third kappa shape index (κ3) is 3.95. The molecule has 2 atom stereocenters. The van der Waals surface area contributed by atoms with E-state index in [4.69, 9.17) is 4.74 Å². The van der Waals surface area contributed by atoms with Crippen LogP contribution in [0.15, 0.2) is 0 Å². The summed E-state index contributed by atoms with van der Waals surface area (Å²) in [7, 11) is 2.19. The highest BCUT2D eigenvalue weighted by molar-refractivity contribution is 4.73. The standard InChI is InChI=1S/C11H24N2O/c1-4-5-10(2)13(3)9-11-8-12-6-7-14-11/h10-12H,4-9H2,1-3H3. The highest BCUT2D eigenvalue weighted by Gasteiger charge is 2.17. The van der Waals surface area contributed by atoms with E-state index in [0.717, 1.165) is 26.2 Å². The fourth-order valence-electron chi connectivity index (χ4n) is 1.88. The molecule has 1 aliphatic heterocycles. The van der Waals surface area contributed by atoms with Crippen molar-refractivity contribution in [1.29, 1.82) is 0 Å². The van der Waals surface area contributed by atoms with E-state index in [1.807, 2.05) is 0 Å². The van der Waals surface area contributed by atoms with Gasteiger partial charge in [-0.1, -0.05) is 13.3 Å². The van der Waals surface area contributed by atoms with Crippen LogP contribution >= 0.6 is 0 Å². The zero-order valence-electron chi connectivity index (χ0n) is 9.75. The van der Waals surface area contributed by atoms with Gasteiger partial charge in [-0.2, -0.15) is 0 Å². The average Bonchev–Trinajstić information content (AvgIpc) is 2.19. The minimum absolute atomic E-state index is 0.382. The molecule has 0 aromatic carbocycles. The predicted octanol–water partition coefficient (Wildman–Crippen LogP) is 1.10. The molecule has 1 heterocycles. The third-order valence-corrected chi connectivity index (χ3v) is 2.95. The molecule has 3 heteroatoms. The maximum absolute atomic E-state index is 5.67. The predicted molar refractivity (Wildman–Crippen MR) is 59.6 cm³/mol. The van der Waals surface area contributed by atoms with Crippen molar-refractivity contribution in [2.45, 2.75) is 38.8 Å². The lowest BCUT2D eigenvalue weighted by molar-refractivity contribution is 0.00350. The van der Waals surface area contributed by atoms with Crippen LogP contribution in [0.1, 0.15) is 26.7 Å². The molecule has 0 aromatic heterocycles. The van der Waals surface area contributed by atoms with Gasteiger partial charge in [-0.05, 0) is 20.4 Å². The Morgan fingerprint density at radius 2 is 2.36 bits per heavy atom. The summed E-state index contributed by atoms with van der Waals surface area (Å²) >= 11 is 0. The molecule has 0 aromatic rings. The van der Waals surface area contributed by atoms with Crippen molar-refractivity contribution in [3.63, 3.8) is 0 Å². The number of likely N-dealkylation sites (N-methyl/N-ethyl adjacent to an activating group) is 1. The Morgan fingerprint density at radius 1 is 1.57 bits per heavy atom. The Morgan fingerprint density at radius 3 is 2.93 bits per heavy atom. The van der Waals surface area contributed by atoms with Gasteiger partial charge in [-0.15, -0.1) is 0 Å². The van der Waals surface area contributed by atoms with E-state index in [9.17, 15) is 0 Å². The van der Waals surface area contributed by atoms with Crippen LogP contribution in [-0.4, -0.2) is 50.3 Å². The molecule has 0 spiro atoms. The molecular weight excluding hydrogens is 176 g/mol. The number of nitrogens with zero attached hydrogens (tertiary/aromatic N) is 1. The molecule has 0 radical (unpaired) electrons. The van der Waals surface area contributed by atoms with E-state index in [1.54, 1.807) is 0 Å². The van der Waals surface area contributed by atoms with Crippen LogP contribution in [0.3, 0.4) is 0 Å². The second-order valence-electron chi connectivity index (χ2n) is 4.27. The summed E-state index contributed by atoms with van der Waals surface area (Å²) in [6, 6.07) is 0.672. The number of hydrogen-bond acceptors (Lipinski definition) is 3. The molecular formula is C11H24N2O. The van der Waals surface area contributed by atoms with Crippen LogP contribution in [0, 0.1) is 0 Å². The van der Waals surface area contributed by atoms with Gasteiger partial charge in [0.1, 0.15) is 0 Å². The summed E-state index contributed by atoms with van der Waals surface area (Å²) in [6.07, 6.45) is 2.92. The second kappa shape index (κ2) is 6.38. The van der Waals surface area contributed by atoms with Gasteiger partial charge in [0.25, 0.3) is 0 Å². The maximum atomic E-state index is 5.67. The first-order chi connectivity index (χ1) is 6.74. The molecule has 1 aliphatic rings. The van der Waals surface area contributed by atoms with Gasteiger partial charge in [-0.25, -0.2) is 0 Å². The smallest absolute Gasteiger partial charge is 0.0826 e. The molecule has 1 N–H and O–H groups in total. The second-order valence-corrected chi connectivity index (χ2v) is 4.27. The van der Waals surface area contributed by atoms with Gasteiger partial charge < -0.3 is 15.0 Å². The number of hydrogen-bond donors (Lipinski definition) is 1. The topological polar surface area (TPSA) is 24.5 Å². The summed E-state index contributed by atoms with van der Waals surface area (Å²) in [5.74, 6) is 0. The Labute approximate surface area is 87.8 Å². The first kappa shape index (κ1) is 12.0. The fourth-order valence-corrected chi connectivity index (χ4v) is 1.88. The first-order valence-electron chi connectivity index (χ1n) is 5.76. The molecule has 0 bridgehead atoms. The van der Waals surface area contributed by atoms with Gasteiger partial charge in [0, 0.05) is 25.7 Å². The van der Waals surface area contributed by atoms with E-state index >= 15 is 0 Å². The normalized spacial score (nSPS) is 25.3. The molecule has 0 amide bonds. The zero-order valence-corrected chi connectivity index (χ0v) is 9.75. The number of ether oxygens (including phenoxy) is 1. The Balaban J connectivity index is 2.20. The van der Waals surface area contributed by atoms with Crippen LogP contribution in [-0.2, 0) is 4.74 Å². The lowest BCUT2D eigenvalue weighted by atomic mass is 10.1. The zero-order chi connectivity index (χ0) is 10.4. The molecule has 3 nitrogen and oxygen atoms in total. The SMILES string of the molecule is CCCC(C)N(C)CC1CNCCO1. The van der Waals surface area contributed by atoms with Crippen LogP contribution < -0.4 is 5.32 Å². The first-order valence-corrected chi connectivity index (χ1v) is 5.76. The van der Waals surface area contributed by atoms with Crippen molar-refractivity contribution >= 4 is 0 Å². The van der Waals surface area contributed by atoms with E-state index in [1.165, 1.54) is 12.8 Å². The lowest BCUT2D eigenvalue weighted by Crippen LogP contribution is -2.46. The summed E-state index contributed by atoms with van der Waals surface area (Å²) < 4.78 is 5.67. The number of nitrogens with one attached hydrogen (secondary N) is 1. The molecule has 2 unspecified atom stereocenters. The van der Waals surface area contributed by atoms with Gasteiger partial charge in [-0.3, -0.25) is 0 Å². The van der Waals surface area contributed by atoms with Crippen LogP contribution in [0.5, 0.6) is 0 Å². The van der Waals surface area contributed by atoms with Crippen molar-refractivity contribution in [2.75, 3.05) is 33.3 Å². The highest BCUT2D eigenvalue weighted by Crippen LogP contribution is 2.06. The van der Waals surface area contributed by atoms with Crippen LogP contribution in [0.25, 0.3) is 0 Å². The summed E-state index contributed by atoms with van der Waals surface area (Å²) in [5, 5.41) is 3.36. The summed E-state index contributed by atoms with van der Waals surface area (Å²) in [4.78, 5) is 2.40. The van der Waals surface area contributed by atoms with E-state index < -0.39 is 0 Å². The Kier molecular flexibility index (Phi) is 5.45. The molecule has 0 aliphatic carbocycles. The molecule has 84 valence electrons. The van der Waals surface area contributed by atoms with E-state index in [0.29, 0.717) is 12.1 Å². The van der Waals surface area contributed by atoms with Crippen molar-refractivity contribution in [3.8, 4) is 0 Å². The molecule has 0 saturated carbocycles. The van der Waals surface area contributed by atoms with Crippen LogP contribution in [0.4, 0.5) is 0 Å². The van der Waals surface area contributed by atoms with Crippen molar-refractivity contribution in [3.05, 3.63) is 0 Å². The number of rotatable bonds is 5. The van der Waals surface area contributed by atoms with Gasteiger partial charge in [0.15, 0.2) is 0 Å². The quantitative estimate of drug-likeness (QED) is 0.719. The Hall–Kier alpha value is -0.120. The average molecular weight is 200 g/mol. The molecule has 1 fully saturated rings. The van der Waals surface area contributed by atoms with Crippen molar-refractivity contribution in [1.82, 2.24) is 10.2 Å². The van der Waals surface area contributed by atoms with Gasteiger partial charge in [0.2, 0.25) is 0 Å². The maximum Gasteiger partial charge on any atom is 0.0826 e. The molecule has 1 rings (SSSR count). The van der Waals surface area contributed by atoms with Gasteiger partial charge >= 0.3 is 0 Å². The number of morpholine rings is 1. The monoisotopic (exact) mass is 200 g/mol. The fraction of sp³-hybridized carbons (Fsp3) is 1.00. The highest BCUT2D eigenvalue weighted by atomic mass is 16.5. The largest absolute Gasteiger partial charge is 0.374 e. The van der Waals surface area contributed by atoms with E-state index in [-0.39, 0.29) is 0 Å². The van der Waals surface area contributed by atoms with Crippen LogP contribution in [0.2, 0.25) is 0 Å². The summed E-state index contributed by atoms with van der Waals surface area (Å²) in [6.45, 7) is 8.45. The minimum Gasteiger partial charge on any atom is -0.374 e. The van der Waals surface area contributed by atoms with Crippen molar-refractivity contribution < 1.29 is 4.74 Å². The summed E-state index contributed by atoms with van der Waals surface area (Å²) in [5.41, 5.74) is 0. The Bertz CT molecular complexity index is 146.